The fourth-order valence-electron chi connectivity index (χ4n) is 2.34. The van der Waals surface area contributed by atoms with Gasteiger partial charge < -0.3 is 15.1 Å². The van der Waals surface area contributed by atoms with Crippen LogP contribution in [0.3, 0.4) is 0 Å². The van der Waals surface area contributed by atoms with Gasteiger partial charge in [-0.3, -0.25) is 4.99 Å². The van der Waals surface area contributed by atoms with E-state index in [0.29, 0.717) is 5.89 Å². The summed E-state index contributed by atoms with van der Waals surface area (Å²) in [5.74, 6) is 2.37. The summed E-state index contributed by atoms with van der Waals surface area (Å²) in [4.78, 5) is 8.78. The third-order valence-corrected chi connectivity index (χ3v) is 4.00. The van der Waals surface area contributed by atoms with Gasteiger partial charge >= 0.3 is 0 Å². The Morgan fingerprint density at radius 1 is 1.26 bits per heavy atom. The van der Waals surface area contributed by atoms with Crippen LogP contribution in [-0.2, 0) is 6.42 Å². The van der Waals surface area contributed by atoms with E-state index in [4.69, 9.17) is 4.42 Å². The first-order valence-electron chi connectivity index (χ1n) is 8.20. The van der Waals surface area contributed by atoms with Crippen LogP contribution >= 0.6 is 0 Å². The summed E-state index contributed by atoms with van der Waals surface area (Å²) in [5, 5.41) is 6.66. The molecule has 2 aromatic rings. The number of rotatable bonds is 6. The molecule has 5 nitrogen and oxygen atoms in total. The van der Waals surface area contributed by atoms with Crippen molar-refractivity contribution < 1.29 is 4.42 Å². The van der Waals surface area contributed by atoms with E-state index in [1.807, 2.05) is 12.1 Å². The molecule has 1 saturated carbocycles. The molecule has 1 aromatic carbocycles. The predicted molar refractivity (Wildman–Crippen MR) is 92.5 cm³/mol. The van der Waals surface area contributed by atoms with E-state index in [9.17, 15) is 0 Å². The van der Waals surface area contributed by atoms with E-state index in [-0.39, 0.29) is 0 Å². The van der Waals surface area contributed by atoms with Crippen molar-refractivity contribution in [1.82, 2.24) is 15.6 Å². The molecule has 23 heavy (non-hydrogen) atoms. The number of oxazole rings is 1. The van der Waals surface area contributed by atoms with Crippen molar-refractivity contribution in [3.05, 3.63) is 41.8 Å². The van der Waals surface area contributed by atoms with Gasteiger partial charge in [0, 0.05) is 32.1 Å². The lowest BCUT2D eigenvalue weighted by molar-refractivity contribution is 0.572. The van der Waals surface area contributed by atoms with Crippen LogP contribution in [0.25, 0.3) is 11.5 Å². The summed E-state index contributed by atoms with van der Waals surface area (Å²) in [7, 11) is 1.80. The number of nitrogens with zero attached hydrogens (tertiary/aromatic N) is 2. The lowest BCUT2D eigenvalue weighted by Gasteiger charge is -2.10. The van der Waals surface area contributed by atoms with Crippen LogP contribution in [0.2, 0.25) is 0 Å². The van der Waals surface area contributed by atoms with E-state index < -0.39 is 0 Å². The van der Waals surface area contributed by atoms with E-state index in [1.165, 1.54) is 18.4 Å². The van der Waals surface area contributed by atoms with Gasteiger partial charge in [-0.25, -0.2) is 4.98 Å². The van der Waals surface area contributed by atoms with Gasteiger partial charge in [-0.05, 0) is 37.8 Å². The maximum Gasteiger partial charge on any atom is 0.226 e. The normalized spacial score (nSPS) is 14.8. The van der Waals surface area contributed by atoms with Gasteiger partial charge in [-0.1, -0.05) is 17.7 Å². The van der Waals surface area contributed by atoms with Crippen LogP contribution in [0.15, 0.2) is 39.9 Å². The summed E-state index contributed by atoms with van der Waals surface area (Å²) < 4.78 is 5.58. The molecule has 1 aromatic heterocycles. The number of nitrogens with one attached hydrogen (secondary N) is 2. The molecule has 1 aliphatic rings. The second kappa shape index (κ2) is 7.31. The molecular weight excluding hydrogens is 288 g/mol. The van der Waals surface area contributed by atoms with Gasteiger partial charge in [0.1, 0.15) is 6.26 Å². The van der Waals surface area contributed by atoms with Crippen LogP contribution in [0.4, 0.5) is 0 Å². The Balaban J connectivity index is 1.47. The zero-order chi connectivity index (χ0) is 16.1. The van der Waals surface area contributed by atoms with E-state index in [0.717, 1.165) is 42.6 Å². The first-order chi connectivity index (χ1) is 11.2. The highest BCUT2D eigenvalue weighted by molar-refractivity contribution is 5.79. The molecule has 0 bridgehead atoms. The quantitative estimate of drug-likeness (QED) is 0.636. The molecule has 0 atom stereocenters. The zero-order valence-corrected chi connectivity index (χ0v) is 13.8. The molecule has 3 rings (SSSR count). The monoisotopic (exact) mass is 312 g/mol. The van der Waals surface area contributed by atoms with Gasteiger partial charge in [0.05, 0.1) is 5.69 Å². The van der Waals surface area contributed by atoms with Gasteiger partial charge in [0.2, 0.25) is 5.89 Å². The van der Waals surface area contributed by atoms with Crippen molar-refractivity contribution in [2.75, 3.05) is 20.1 Å². The lowest BCUT2D eigenvalue weighted by atomic mass is 10.1. The summed E-state index contributed by atoms with van der Waals surface area (Å²) in [6.45, 7) is 3.87. The Labute approximate surface area is 137 Å². The van der Waals surface area contributed by atoms with Crippen molar-refractivity contribution in [2.24, 2.45) is 10.9 Å². The summed E-state index contributed by atoms with van der Waals surface area (Å²) in [5.41, 5.74) is 3.19. The molecule has 1 aliphatic carbocycles. The number of hydrogen-bond donors (Lipinski definition) is 2. The Hall–Kier alpha value is -2.30. The highest BCUT2D eigenvalue weighted by Gasteiger charge is 2.20. The standard InChI is InChI=1S/C18H24N4O/c1-13-3-7-15(8-4-13)17-22-16(12-23-17)9-10-20-18(19-2)21-11-14-5-6-14/h3-4,7-8,12,14H,5-6,9-11H2,1-2H3,(H2,19,20,21). The molecule has 1 heterocycles. The minimum absolute atomic E-state index is 0.677. The lowest BCUT2D eigenvalue weighted by Crippen LogP contribution is -2.39. The smallest absolute Gasteiger partial charge is 0.226 e. The SMILES string of the molecule is CN=C(NCCc1coc(-c2ccc(C)cc2)n1)NCC1CC1. The maximum absolute atomic E-state index is 5.58. The second-order valence-corrected chi connectivity index (χ2v) is 6.08. The molecule has 0 saturated heterocycles. The average molecular weight is 312 g/mol. The molecule has 0 radical (unpaired) electrons. The van der Waals surface area contributed by atoms with Gasteiger partial charge in [0.25, 0.3) is 0 Å². The highest BCUT2D eigenvalue weighted by Crippen LogP contribution is 2.27. The van der Waals surface area contributed by atoms with E-state index >= 15 is 0 Å². The van der Waals surface area contributed by atoms with Crippen molar-refractivity contribution >= 4 is 5.96 Å². The molecule has 2 N–H and O–H groups in total. The first kappa shape index (κ1) is 15.6. The Morgan fingerprint density at radius 3 is 2.74 bits per heavy atom. The van der Waals surface area contributed by atoms with E-state index in [1.54, 1.807) is 13.3 Å². The molecular formula is C18H24N4O. The minimum Gasteiger partial charge on any atom is -0.444 e. The molecule has 0 unspecified atom stereocenters. The Morgan fingerprint density at radius 2 is 2.04 bits per heavy atom. The van der Waals surface area contributed by atoms with Gasteiger partial charge in [-0.2, -0.15) is 0 Å². The molecule has 0 amide bonds. The van der Waals surface area contributed by atoms with Crippen molar-refractivity contribution in [3.63, 3.8) is 0 Å². The Kier molecular flexibility index (Phi) is 4.95. The molecule has 1 fully saturated rings. The molecule has 0 aliphatic heterocycles. The molecule has 122 valence electrons. The van der Waals surface area contributed by atoms with Gasteiger partial charge in [0.15, 0.2) is 5.96 Å². The van der Waals surface area contributed by atoms with Crippen LogP contribution in [0.5, 0.6) is 0 Å². The number of benzene rings is 1. The molecule has 5 heteroatoms. The molecule has 0 spiro atoms. The number of guanidine groups is 1. The predicted octanol–water partition coefficient (Wildman–Crippen LogP) is 2.77. The fraction of sp³-hybridized carbons (Fsp3) is 0.444. The average Bonchev–Trinajstić information content (AvgIpc) is 3.28. The first-order valence-corrected chi connectivity index (χ1v) is 8.20. The second-order valence-electron chi connectivity index (χ2n) is 6.08. The third kappa shape index (κ3) is 4.58. The van der Waals surface area contributed by atoms with Crippen LogP contribution in [-0.4, -0.2) is 31.1 Å². The maximum atomic E-state index is 5.58. The number of aryl methyl sites for hydroxylation is 1. The number of hydrogen-bond acceptors (Lipinski definition) is 3. The van der Waals surface area contributed by atoms with Crippen molar-refractivity contribution in [2.45, 2.75) is 26.2 Å². The highest BCUT2D eigenvalue weighted by atomic mass is 16.3. The number of aromatic nitrogens is 1. The summed E-state index contributed by atoms with van der Waals surface area (Å²) in [6.07, 6.45) is 5.21. The largest absolute Gasteiger partial charge is 0.444 e. The third-order valence-electron chi connectivity index (χ3n) is 4.00. The van der Waals surface area contributed by atoms with E-state index in [2.05, 4.69) is 39.7 Å². The van der Waals surface area contributed by atoms with Crippen molar-refractivity contribution in [1.29, 1.82) is 0 Å². The van der Waals surface area contributed by atoms with Gasteiger partial charge in [-0.15, -0.1) is 0 Å². The topological polar surface area (TPSA) is 62.5 Å². The fourth-order valence-corrected chi connectivity index (χ4v) is 2.34. The van der Waals surface area contributed by atoms with Crippen molar-refractivity contribution in [3.8, 4) is 11.5 Å². The van der Waals surface area contributed by atoms with Crippen LogP contribution in [0.1, 0.15) is 24.1 Å². The number of aliphatic imine (C=N–C) groups is 1. The zero-order valence-electron chi connectivity index (χ0n) is 13.8. The van der Waals surface area contributed by atoms with Crippen LogP contribution < -0.4 is 10.6 Å². The summed E-state index contributed by atoms with van der Waals surface area (Å²) in [6, 6.07) is 8.20. The summed E-state index contributed by atoms with van der Waals surface area (Å²) >= 11 is 0. The van der Waals surface area contributed by atoms with Crippen LogP contribution in [0, 0.1) is 12.8 Å². The minimum atomic E-state index is 0.677. The Bertz CT molecular complexity index is 656.